The van der Waals surface area contributed by atoms with Crippen LogP contribution in [0.4, 0.5) is 17.1 Å². The second kappa shape index (κ2) is 10.5. The van der Waals surface area contributed by atoms with Crippen molar-refractivity contribution in [2.75, 3.05) is 25.6 Å². The van der Waals surface area contributed by atoms with Gasteiger partial charge in [-0.1, -0.05) is 0 Å². The van der Waals surface area contributed by atoms with Crippen LogP contribution in [-0.2, 0) is 4.79 Å². The SMILES string of the molecule is COc1cc([N+](=O)[O-])ccc1N=N/C(C(=O)Nc1ccc(OCCO)cc1)=C(\C)O. The van der Waals surface area contributed by atoms with Gasteiger partial charge >= 0.3 is 0 Å². The van der Waals surface area contributed by atoms with E-state index >= 15 is 0 Å². The smallest absolute Gasteiger partial charge is 0.279 e. The summed E-state index contributed by atoms with van der Waals surface area (Å²) in [4.78, 5) is 22.7. The zero-order valence-corrected chi connectivity index (χ0v) is 16.2. The Kier molecular flexibility index (Phi) is 7.82. The highest BCUT2D eigenvalue weighted by Crippen LogP contribution is 2.32. The predicted molar refractivity (Wildman–Crippen MR) is 107 cm³/mol. The first-order chi connectivity index (χ1) is 14.3. The molecule has 0 saturated heterocycles. The molecule has 11 heteroatoms. The molecule has 1 amide bonds. The van der Waals surface area contributed by atoms with Gasteiger partial charge < -0.3 is 25.0 Å². The number of non-ortho nitro benzene ring substituents is 1. The number of carbonyl (C=O) groups excluding carboxylic acids is 1. The van der Waals surface area contributed by atoms with Gasteiger partial charge in [-0.05, 0) is 37.3 Å². The maximum atomic E-state index is 12.5. The Labute approximate surface area is 171 Å². The number of aliphatic hydroxyl groups is 2. The van der Waals surface area contributed by atoms with Gasteiger partial charge in [0.15, 0.2) is 11.4 Å². The lowest BCUT2D eigenvalue weighted by molar-refractivity contribution is -0.384. The molecule has 11 nitrogen and oxygen atoms in total. The number of carbonyl (C=O) groups is 1. The summed E-state index contributed by atoms with van der Waals surface area (Å²) in [5.41, 5.74) is 0.0123. The number of benzene rings is 2. The molecule has 0 unspecified atom stereocenters. The van der Waals surface area contributed by atoms with Crippen LogP contribution in [0.25, 0.3) is 0 Å². The fraction of sp³-hybridized carbons (Fsp3) is 0.211. The number of nitrogens with one attached hydrogen (secondary N) is 1. The van der Waals surface area contributed by atoms with E-state index in [2.05, 4.69) is 15.5 Å². The fourth-order valence-electron chi connectivity index (χ4n) is 2.24. The van der Waals surface area contributed by atoms with E-state index in [9.17, 15) is 20.0 Å². The van der Waals surface area contributed by atoms with Gasteiger partial charge in [-0.3, -0.25) is 14.9 Å². The van der Waals surface area contributed by atoms with E-state index in [0.717, 1.165) is 0 Å². The fourth-order valence-corrected chi connectivity index (χ4v) is 2.24. The van der Waals surface area contributed by atoms with Crippen molar-refractivity contribution < 1.29 is 29.4 Å². The van der Waals surface area contributed by atoms with Gasteiger partial charge in [0.1, 0.15) is 23.8 Å². The standard InChI is InChI=1S/C19H20N4O7/c1-12(25)18(19(26)20-13-3-6-15(7-4-13)30-10-9-24)22-21-16-8-5-14(23(27)28)11-17(16)29-2/h3-8,11,24-25H,9-10H2,1-2H3,(H,20,26)/b18-12+,22-21?. The Balaban J connectivity index is 2.17. The van der Waals surface area contributed by atoms with E-state index in [-0.39, 0.29) is 41.8 Å². The summed E-state index contributed by atoms with van der Waals surface area (Å²) in [7, 11) is 1.31. The lowest BCUT2D eigenvalue weighted by Gasteiger charge is -2.08. The van der Waals surface area contributed by atoms with Crippen LogP contribution in [0, 0.1) is 10.1 Å². The van der Waals surface area contributed by atoms with Crippen LogP contribution in [0.2, 0.25) is 0 Å². The van der Waals surface area contributed by atoms with Crippen molar-refractivity contribution in [2.45, 2.75) is 6.92 Å². The number of methoxy groups -OCH3 is 1. The average molecular weight is 416 g/mol. The molecule has 2 aromatic carbocycles. The molecule has 2 aromatic rings. The van der Waals surface area contributed by atoms with Crippen molar-refractivity contribution in [2.24, 2.45) is 10.2 Å². The van der Waals surface area contributed by atoms with Crippen molar-refractivity contribution in [3.05, 3.63) is 64.0 Å². The van der Waals surface area contributed by atoms with Gasteiger partial charge in [0.05, 0.1) is 24.7 Å². The first kappa shape index (κ1) is 22.3. The third-order valence-corrected chi connectivity index (χ3v) is 3.66. The second-order valence-electron chi connectivity index (χ2n) is 5.80. The zero-order valence-electron chi connectivity index (χ0n) is 16.2. The molecule has 0 radical (unpaired) electrons. The van der Waals surface area contributed by atoms with Crippen LogP contribution >= 0.6 is 0 Å². The first-order valence-corrected chi connectivity index (χ1v) is 8.64. The summed E-state index contributed by atoms with van der Waals surface area (Å²) >= 11 is 0. The molecular formula is C19H20N4O7. The molecule has 30 heavy (non-hydrogen) atoms. The van der Waals surface area contributed by atoms with E-state index < -0.39 is 10.8 Å². The van der Waals surface area contributed by atoms with Crippen molar-refractivity contribution in [3.63, 3.8) is 0 Å². The minimum Gasteiger partial charge on any atom is -0.510 e. The number of ether oxygens (including phenoxy) is 2. The Bertz CT molecular complexity index is 967. The summed E-state index contributed by atoms with van der Waals surface area (Å²) in [5, 5.41) is 39.6. The predicted octanol–water partition coefficient (Wildman–Crippen LogP) is 3.49. The number of azo groups is 1. The highest BCUT2D eigenvalue weighted by Gasteiger charge is 2.15. The number of amides is 1. The van der Waals surface area contributed by atoms with Gasteiger partial charge in [0, 0.05) is 11.8 Å². The number of hydrogen-bond donors (Lipinski definition) is 3. The van der Waals surface area contributed by atoms with Crippen molar-refractivity contribution >= 4 is 23.0 Å². The molecule has 0 heterocycles. The third kappa shape index (κ3) is 6.01. The number of rotatable bonds is 9. The molecule has 0 aliphatic rings. The largest absolute Gasteiger partial charge is 0.510 e. The monoisotopic (exact) mass is 416 g/mol. The molecule has 0 atom stereocenters. The van der Waals surface area contributed by atoms with Gasteiger partial charge in [-0.25, -0.2) is 0 Å². The molecule has 0 aliphatic carbocycles. The second-order valence-corrected chi connectivity index (χ2v) is 5.80. The zero-order chi connectivity index (χ0) is 22.1. The number of hydrogen-bond acceptors (Lipinski definition) is 9. The van der Waals surface area contributed by atoms with E-state index in [4.69, 9.17) is 14.6 Å². The van der Waals surface area contributed by atoms with Crippen LogP contribution < -0.4 is 14.8 Å². The molecule has 0 fully saturated rings. The van der Waals surface area contributed by atoms with E-state index in [0.29, 0.717) is 11.4 Å². The van der Waals surface area contributed by atoms with Gasteiger partial charge in [-0.15, -0.1) is 10.2 Å². The Morgan fingerprint density at radius 3 is 2.50 bits per heavy atom. The number of allylic oxidation sites excluding steroid dienone is 1. The molecule has 0 aliphatic heterocycles. The minimum absolute atomic E-state index is 0.0850. The molecule has 0 saturated carbocycles. The lowest BCUT2D eigenvalue weighted by atomic mass is 10.2. The molecule has 3 N–H and O–H groups in total. The quantitative estimate of drug-likeness (QED) is 0.186. The number of nitrogens with zero attached hydrogens (tertiary/aromatic N) is 3. The van der Waals surface area contributed by atoms with Crippen LogP contribution in [0.3, 0.4) is 0 Å². The normalized spacial score (nSPS) is 11.7. The molecule has 0 bridgehead atoms. The van der Waals surface area contributed by atoms with Gasteiger partial charge in [-0.2, -0.15) is 0 Å². The Morgan fingerprint density at radius 2 is 1.93 bits per heavy atom. The van der Waals surface area contributed by atoms with Gasteiger partial charge in [0.25, 0.3) is 11.6 Å². The Hall–Kier alpha value is -3.99. The third-order valence-electron chi connectivity index (χ3n) is 3.66. The average Bonchev–Trinajstić information content (AvgIpc) is 2.73. The van der Waals surface area contributed by atoms with Crippen molar-refractivity contribution in [3.8, 4) is 11.5 Å². The van der Waals surface area contributed by atoms with Crippen LogP contribution in [-0.4, -0.2) is 41.4 Å². The molecule has 0 aromatic heterocycles. The van der Waals surface area contributed by atoms with Gasteiger partial charge in [0.2, 0.25) is 0 Å². The number of aliphatic hydroxyl groups excluding tert-OH is 2. The summed E-state index contributed by atoms with van der Waals surface area (Å²) in [6.07, 6.45) is 0. The van der Waals surface area contributed by atoms with E-state index in [1.165, 1.54) is 32.2 Å². The number of anilines is 1. The number of nitro benzene ring substituents is 1. The topological polar surface area (TPSA) is 156 Å². The van der Waals surface area contributed by atoms with Crippen LogP contribution in [0.5, 0.6) is 11.5 Å². The molecule has 2 rings (SSSR count). The highest BCUT2D eigenvalue weighted by atomic mass is 16.6. The summed E-state index contributed by atoms with van der Waals surface area (Å²) in [5.74, 6) is -0.494. The number of nitro groups is 1. The first-order valence-electron chi connectivity index (χ1n) is 8.64. The highest BCUT2D eigenvalue weighted by molar-refractivity contribution is 6.03. The summed E-state index contributed by atoms with van der Waals surface area (Å²) in [6, 6.07) is 10.1. The summed E-state index contributed by atoms with van der Waals surface area (Å²) < 4.78 is 10.3. The molecule has 0 spiro atoms. The van der Waals surface area contributed by atoms with Crippen LogP contribution in [0.1, 0.15) is 6.92 Å². The van der Waals surface area contributed by atoms with E-state index in [1.807, 2.05) is 0 Å². The van der Waals surface area contributed by atoms with E-state index in [1.54, 1.807) is 24.3 Å². The van der Waals surface area contributed by atoms with Crippen molar-refractivity contribution in [1.82, 2.24) is 0 Å². The lowest BCUT2D eigenvalue weighted by Crippen LogP contribution is -2.14. The van der Waals surface area contributed by atoms with Crippen LogP contribution in [0.15, 0.2) is 64.1 Å². The minimum atomic E-state index is -0.719. The maximum Gasteiger partial charge on any atom is 0.279 e. The Morgan fingerprint density at radius 1 is 1.23 bits per heavy atom. The van der Waals surface area contributed by atoms with Crippen molar-refractivity contribution in [1.29, 1.82) is 0 Å². The summed E-state index contributed by atoms with van der Waals surface area (Å²) in [6.45, 7) is 1.30. The molecular weight excluding hydrogens is 396 g/mol. The molecule has 158 valence electrons. The maximum absolute atomic E-state index is 12.5.